The van der Waals surface area contributed by atoms with E-state index >= 15 is 0 Å². The Balaban J connectivity index is 3.22. The molecule has 8 heteroatoms. The monoisotopic (exact) mass is 275 g/mol. The summed E-state index contributed by atoms with van der Waals surface area (Å²) in [6.45, 7) is 0. The summed E-state index contributed by atoms with van der Waals surface area (Å²) in [4.78, 5) is 10.7. The van der Waals surface area contributed by atoms with Crippen LogP contribution in [0.3, 0.4) is 0 Å². The summed E-state index contributed by atoms with van der Waals surface area (Å²) in [5, 5.41) is 24.2. The molecule has 7 nitrogen and oxygen atoms in total. The van der Waals surface area contributed by atoms with Crippen LogP contribution in [0, 0.1) is 0 Å². The van der Waals surface area contributed by atoms with Gasteiger partial charge in [-0.3, -0.25) is 0 Å². The minimum Gasteiger partial charge on any atom is -0.467 e. The van der Waals surface area contributed by atoms with E-state index in [-0.39, 0.29) is 10.5 Å². The van der Waals surface area contributed by atoms with Gasteiger partial charge in [-0.25, -0.2) is 18.4 Å². The van der Waals surface area contributed by atoms with Gasteiger partial charge in [0.25, 0.3) is 0 Å². The van der Waals surface area contributed by atoms with E-state index in [0.717, 1.165) is 13.2 Å². The molecule has 0 aliphatic rings. The fourth-order valence-corrected chi connectivity index (χ4v) is 2.19. The maximum Gasteiger partial charge on any atom is 0.337 e. The van der Waals surface area contributed by atoms with Crippen molar-refractivity contribution in [1.29, 1.82) is 0 Å². The normalized spacial score (nSPS) is 14.9. The number of esters is 1. The molecule has 0 aliphatic carbocycles. The van der Waals surface area contributed by atoms with Crippen molar-refractivity contribution in [2.75, 3.05) is 7.11 Å². The Hall–Kier alpha value is -1.48. The SMILES string of the molecule is COC(=O)C(O)C(O)c1ccccc1S(N)(=O)=O. The van der Waals surface area contributed by atoms with E-state index in [4.69, 9.17) is 5.14 Å². The molecular formula is C10H13NO6S. The van der Waals surface area contributed by atoms with E-state index in [2.05, 4.69) is 4.74 Å². The zero-order chi connectivity index (χ0) is 13.9. The minimum atomic E-state index is -4.07. The first-order valence-electron chi connectivity index (χ1n) is 4.84. The summed E-state index contributed by atoms with van der Waals surface area (Å²) >= 11 is 0. The number of methoxy groups -OCH3 is 1. The summed E-state index contributed by atoms with van der Waals surface area (Å²) in [5.74, 6) is -1.08. The van der Waals surface area contributed by atoms with E-state index in [1.807, 2.05) is 0 Å². The number of primary sulfonamides is 1. The lowest BCUT2D eigenvalue weighted by Gasteiger charge is -2.18. The predicted octanol–water partition coefficient (Wildman–Crippen LogP) is -1.10. The number of rotatable bonds is 4. The van der Waals surface area contributed by atoms with Gasteiger partial charge < -0.3 is 14.9 Å². The Bertz CT molecular complexity index is 541. The Morgan fingerprint density at radius 2 is 1.89 bits per heavy atom. The van der Waals surface area contributed by atoms with Crippen molar-refractivity contribution in [2.45, 2.75) is 17.1 Å². The van der Waals surface area contributed by atoms with Crippen LogP contribution in [0.5, 0.6) is 0 Å². The highest BCUT2D eigenvalue weighted by atomic mass is 32.2. The second-order valence-electron chi connectivity index (χ2n) is 3.50. The minimum absolute atomic E-state index is 0.169. The first-order chi connectivity index (χ1) is 8.29. The molecule has 0 fully saturated rings. The highest BCUT2D eigenvalue weighted by Crippen LogP contribution is 2.24. The largest absolute Gasteiger partial charge is 0.467 e. The predicted molar refractivity (Wildman–Crippen MR) is 60.8 cm³/mol. The number of ether oxygens (including phenoxy) is 1. The molecule has 0 aliphatic heterocycles. The van der Waals surface area contributed by atoms with Crippen molar-refractivity contribution in [1.82, 2.24) is 0 Å². The number of sulfonamides is 1. The third kappa shape index (κ3) is 3.05. The number of hydrogen-bond donors (Lipinski definition) is 3. The number of aliphatic hydroxyl groups excluding tert-OH is 2. The lowest BCUT2D eigenvalue weighted by molar-refractivity contribution is -0.156. The van der Waals surface area contributed by atoms with Crippen molar-refractivity contribution in [3.63, 3.8) is 0 Å². The number of aliphatic hydroxyl groups is 2. The number of nitrogens with two attached hydrogens (primary N) is 1. The van der Waals surface area contributed by atoms with Crippen molar-refractivity contribution in [3.05, 3.63) is 29.8 Å². The lowest BCUT2D eigenvalue weighted by atomic mass is 10.0. The molecule has 0 radical (unpaired) electrons. The van der Waals surface area contributed by atoms with Gasteiger partial charge in [-0.15, -0.1) is 0 Å². The van der Waals surface area contributed by atoms with E-state index < -0.39 is 28.2 Å². The van der Waals surface area contributed by atoms with Crippen LogP contribution in [0.2, 0.25) is 0 Å². The molecule has 0 amide bonds. The third-order valence-electron chi connectivity index (χ3n) is 2.29. The second kappa shape index (κ2) is 5.44. The maximum absolute atomic E-state index is 11.3. The van der Waals surface area contributed by atoms with Gasteiger partial charge in [-0.1, -0.05) is 18.2 Å². The van der Waals surface area contributed by atoms with Crippen LogP contribution in [-0.4, -0.2) is 37.8 Å². The average molecular weight is 275 g/mol. The number of carbonyl (C=O) groups is 1. The maximum atomic E-state index is 11.3. The molecule has 0 saturated carbocycles. The Labute approximate surface area is 104 Å². The van der Waals surface area contributed by atoms with E-state index in [0.29, 0.717) is 0 Å². The van der Waals surface area contributed by atoms with Crippen LogP contribution < -0.4 is 5.14 Å². The molecule has 0 heterocycles. The Morgan fingerprint density at radius 1 is 1.33 bits per heavy atom. The quantitative estimate of drug-likeness (QED) is 0.599. The second-order valence-corrected chi connectivity index (χ2v) is 5.03. The molecule has 0 aromatic heterocycles. The Kier molecular flexibility index (Phi) is 4.41. The third-order valence-corrected chi connectivity index (χ3v) is 3.27. The van der Waals surface area contributed by atoms with Gasteiger partial charge in [-0.2, -0.15) is 0 Å². The lowest BCUT2D eigenvalue weighted by Crippen LogP contribution is -2.30. The highest BCUT2D eigenvalue weighted by Gasteiger charge is 2.30. The topological polar surface area (TPSA) is 127 Å². The van der Waals surface area contributed by atoms with Gasteiger partial charge in [0.2, 0.25) is 10.0 Å². The van der Waals surface area contributed by atoms with Gasteiger partial charge in [0.05, 0.1) is 12.0 Å². The number of carbonyl (C=O) groups excluding carboxylic acids is 1. The van der Waals surface area contributed by atoms with Crippen molar-refractivity contribution in [3.8, 4) is 0 Å². The van der Waals surface area contributed by atoms with Crippen LogP contribution in [-0.2, 0) is 19.6 Å². The zero-order valence-electron chi connectivity index (χ0n) is 9.48. The van der Waals surface area contributed by atoms with Gasteiger partial charge in [0.1, 0.15) is 6.10 Å². The van der Waals surface area contributed by atoms with Crippen LogP contribution in [0.15, 0.2) is 29.2 Å². The van der Waals surface area contributed by atoms with E-state index in [9.17, 15) is 23.4 Å². The van der Waals surface area contributed by atoms with E-state index in [1.54, 1.807) is 0 Å². The van der Waals surface area contributed by atoms with Crippen molar-refractivity contribution < 1.29 is 28.2 Å². The molecule has 4 N–H and O–H groups in total. The highest BCUT2D eigenvalue weighted by molar-refractivity contribution is 7.89. The molecule has 1 aromatic carbocycles. The number of benzene rings is 1. The molecule has 2 unspecified atom stereocenters. The average Bonchev–Trinajstić information content (AvgIpc) is 2.35. The van der Waals surface area contributed by atoms with Crippen LogP contribution >= 0.6 is 0 Å². The molecule has 1 aromatic rings. The van der Waals surface area contributed by atoms with Crippen molar-refractivity contribution >= 4 is 16.0 Å². The molecule has 0 bridgehead atoms. The molecule has 0 spiro atoms. The van der Waals surface area contributed by atoms with Gasteiger partial charge in [-0.05, 0) is 6.07 Å². The van der Waals surface area contributed by atoms with Gasteiger partial charge in [0, 0.05) is 5.56 Å². The van der Waals surface area contributed by atoms with Gasteiger partial charge >= 0.3 is 5.97 Å². The fourth-order valence-electron chi connectivity index (χ4n) is 1.40. The first kappa shape index (κ1) is 14.6. The zero-order valence-corrected chi connectivity index (χ0v) is 10.3. The fraction of sp³-hybridized carbons (Fsp3) is 0.300. The standard InChI is InChI=1S/C10H13NO6S/c1-17-10(14)9(13)8(12)6-4-2-3-5-7(6)18(11,15)16/h2-5,8-9,12-13H,1H3,(H2,11,15,16). The van der Waals surface area contributed by atoms with Crippen molar-refractivity contribution in [2.24, 2.45) is 5.14 Å². The van der Waals surface area contributed by atoms with E-state index in [1.165, 1.54) is 18.2 Å². The molecule has 1 rings (SSSR count). The summed E-state index contributed by atoms with van der Waals surface area (Å²) in [7, 11) is -3.04. The molecule has 100 valence electrons. The Morgan fingerprint density at radius 3 is 2.39 bits per heavy atom. The molecular weight excluding hydrogens is 262 g/mol. The summed E-state index contributed by atoms with van der Waals surface area (Å²) in [6, 6.07) is 5.26. The van der Waals surface area contributed by atoms with Crippen LogP contribution in [0.25, 0.3) is 0 Å². The first-order valence-corrected chi connectivity index (χ1v) is 6.39. The number of hydrogen-bond acceptors (Lipinski definition) is 6. The smallest absolute Gasteiger partial charge is 0.337 e. The summed E-state index contributed by atoms with van der Waals surface area (Å²) in [6.07, 6.45) is -3.63. The summed E-state index contributed by atoms with van der Waals surface area (Å²) < 4.78 is 26.8. The van der Waals surface area contributed by atoms with Crippen LogP contribution in [0.1, 0.15) is 11.7 Å². The molecule has 18 heavy (non-hydrogen) atoms. The molecule has 2 atom stereocenters. The summed E-state index contributed by atoms with van der Waals surface area (Å²) in [5.41, 5.74) is -0.169. The molecule has 0 saturated heterocycles. The van der Waals surface area contributed by atoms with Crippen LogP contribution in [0.4, 0.5) is 0 Å². The van der Waals surface area contributed by atoms with Gasteiger partial charge in [0.15, 0.2) is 6.10 Å².